The molecule has 3 nitrogen and oxygen atoms in total. The van der Waals surface area contributed by atoms with Gasteiger partial charge in [-0.2, -0.15) is 0 Å². The van der Waals surface area contributed by atoms with Crippen molar-refractivity contribution < 1.29 is 9.90 Å². The Labute approximate surface area is 85.1 Å². The highest BCUT2D eigenvalue weighted by Crippen LogP contribution is 2.44. The summed E-state index contributed by atoms with van der Waals surface area (Å²) in [5.74, 6) is 0.707. The van der Waals surface area contributed by atoms with Crippen LogP contribution in [-0.2, 0) is 4.79 Å². The SMILES string of the molecule is CN1CCC(CC2CC2C(=O)O)CC1. The van der Waals surface area contributed by atoms with Gasteiger partial charge in [-0.3, -0.25) is 4.79 Å². The molecule has 1 heterocycles. The van der Waals surface area contributed by atoms with Crippen LogP contribution in [-0.4, -0.2) is 36.1 Å². The highest BCUT2D eigenvalue weighted by molar-refractivity contribution is 5.73. The van der Waals surface area contributed by atoms with Gasteiger partial charge in [-0.15, -0.1) is 0 Å². The van der Waals surface area contributed by atoms with E-state index in [1.54, 1.807) is 0 Å². The first-order valence-electron chi connectivity index (χ1n) is 5.58. The molecule has 1 aliphatic carbocycles. The third-order valence-electron chi connectivity index (χ3n) is 3.71. The van der Waals surface area contributed by atoms with Gasteiger partial charge in [0.15, 0.2) is 0 Å². The molecule has 1 saturated carbocycles. The minimum atomic E-state index is -0.581. The number of aliphatic carboxylic acids is 1. The fraction of sp³-hybridized carbons (Fsp3) is 0.909. The summed E-state index contributed by atoms with van der Waals surface area (Å²) in [7, 11) is 2.16. The summed E-state index contributed by atoms with van der Waals surface area (Å²) in [6.45, 7) is 2.38. The van der Waals surface area contributed by atoms with Crippen LogP contribution in [0.1, 0.15) is 25.7 Å². The van der Waals surface area contributed by atoms with Crippen molar-refractivity contribution in [3.05, 3.63) is 0 Å². The molecular weight excluding hydrogens is 178 g/mol. The molecule has 1 saturated heterocycles. The van der Waals surface area contributed by atoms with Crippen molar-refractivity contribution in [3.8, 4) is 0 Å². The molecule has 2 fully saturated rings. The van der Waals surface area contributed by atoms with Crippen LogP contribution in [0.5, 0.6) is 0 Å². The summed E-state index contributed by atoms with van der Waals surface area (Å²) in [6.07, 6.45) is 4.62. The zero-order valence-corrected chi connectivity index (χ0v) is 8.78. The summed E-state index contributed by atoms with van der Waals surface area (Å²) in [4.78, 5) is 13.0. The van der Waals surface area contributed by atoms with Crippen LogP contribution in [0.15, 0.2) is 0 Å². The molecule has 2 rings (SSSR count). The van der Waals surface area contributed by atoms with Gasteiger partial charge >= 0.3 is 5.97 Å². The zero-order chi connectivity index (χ0) is 10.1. The Hall–Kier alpha value is -0.570. The van der Waals surface area contributed by atoms with E-state index < -0.39 is 5.97 Å². The first kappa shape index (κ1) is 9.97. The predicted octanol–water partition coefficient (Wildman–Crippen LogP) is 1.44. The van der Waals surface area contributed by atoms with Crippen molar-refractivity contribution in [2.45, 2.75) is 25.7 Å². The molecule has 0 aromatic heterocycles. The normalized spacial score (nSPS) is 34.4. The van der Waals surface area contributed by atoms with Crippen molar-refractivity contribution in [1.29, 1.82) is 0 Å². The smallest absolute Gasteiger partial charge is 0.306 e. The topological polar surface area (TPSA) is 40.5 Å². The molecule has 1 aliphatic heterocycles. The predicted molar refractivity (Wildman–Crippen MR) is 54.1 cm³/mol. The van der Waals surface area contributed by atoms with Crippen molar-refractivity contribution in [3.63, 3.8) is 0 Å². The van der Waals surface area contributed by atoms with E-state index in [0.29, 0.717) is 5.92 Å². The molecule has 0 aromatic carbocycles. The standard InChI is InChI=1S/C11H19NO2/c1-12-4-2-8(3-5-12)6-9-7-10(9)11(13)14/h8-10H,2-7H2,1H3,(H,13,14). The first-order valence-corrected chi connectivity index (χ1v) is 5.58. The second-order valence-electron chi connectivity index (χ2n) is 4.92. The van der Waals surface area contributed by atoms with Crippen LogP contribution < -0.4 is 0 Å². The van der Waals surface area contributed by atoms with Crippen LogP contribution >= 0.6 is 0 Å². The summed E-state index contributed by atoms with van der Waals surface area (Å²) >= 11 is 0. The fourth-order valence-electron chi connectivity index (χ4n) is 2.54. The molecule has 3 heteroatoms. The monoisotopic (exact) mass is 197 g/mol. The van der Waals surface area contributed by atoms with Gasteiger partial charge in [-0.25, -0.2) is 0 Å². The molecule has 0 bridgehead atoms. The van der Waals surface area contributed by atoms with Crippen molar-refractivity contribution in [2.24, 2.45) is 17.8 Å². The minimum absolute atomic E-state index is 0.00495. The fourth-order valence-corrected chi connectivity index (χ4v) is 2.54. The van der Waals surface area contributed by atoms with E-state index in [-0.39, 0.29) is 5.92 Å². The molecule has 80 valence electrons. The van der Waals surface area contributed by atoms with Crippen LogP contribution in [0.4, 0.5) is 0 Å². The second kappa shape index (κ2) is 3.89. The summed E-state index contributed by atoms with van der Waals surface area (Å²) in [6, 6.07) is 0. The highest BCUT2D eigenvalue weighted by Gasteiger charge is 2.43. The van der Waals surface area contributed by atoms with E-state index in [1.165, 1.54) is 25.9 Å². The maximum absolute atomic E-state index is 10.7. The van der Waals surface area contributed by atoms with Crippen molar-refractivity contribution in [2.75, 3.05) is 20.1 Å². The number of hydrogen-bond acceptors (Lipinski definition) is 2. The Balaban J connectivity index is 1.70. The third-order valence-corrected chi connectivity index (χ3v) is 3.71. The largest absolute Gasteiger partial charge is 0.481 e. The average molecular weight is 197 g/mol. The van der Waals surface area contributed by atoms with Gasteiger partial charge < -0.3 is 10.0 Å². The van der Waals surface area contributed by atoms with Crippen LogP contribution in [0.25, 0.3) is 0 Å². The second-order valence-corrected chi connectivity index (χ2v) is 4.92. The molecule has 2 aliphatic rings. The number of carboxylic acids is 1. The summed E-state index contributed by atoms with van der Waals surface area (Å²) < 4.78 is 0. The van der Waals surface area contributed by atoms with Gasteiger partial charge in [-0.1, -0.05) is 0 Å². The van der Waals surface area contributed by atoms with Gasteiger partial charge in [0.2, 0.25) is 0 Å². The third kappa shape index (κ3) is 2.27. The molecule has 0 spiro atoms. The van der Waals surface area contributed by atoms with Crippen LogP contribution in [0.3, 0.4) is 0 Å². The first-order chi connectivity index (χ1) is 6.66. The van der Waals surface area contributed by atoms with Gasteiger partial charge in [0.05, 0.1) is 5.92 Å². The minimum Gasteiger partial charge on any atom is -0.481 e. The lowest BCUT2D eigenvalue weighted by atomic mass is 9.91. The van der Waals surface area contributed by atoms with E-state index in [0.717, 1.165) is 18.8 Å². The summed E-state index contributed by atoms with van der Waals surface area (Å²) in [5.41, 5.74) is 0. The summed E-state index contributed by atoms with van der Waals surface area (Å²) in [5, 5.41) is 8.79. The lowest BCUT2D eigenvalue weighted by molar-refractivity contribution is -0.138. The quantitative estimate of drug-likeness (QED) is 0.744. The Kier molecular flexibility index (Phi) is 2.77. The molecule has 2 atom stereocenters. The molecule has 2 unspecified atom stereocenters. The van der Waals surface area contributed by atoms with Crippen LogP contribution in [0.2, 0.25) is 0 Å². The number of hydrogen-bond donors (Lipinski definition) is 1. The molecule has 0 amide bonds. The van der Waals surface area contributed by atoms with Crippen molar-refractivity contribution >= 4 is 5.97 Å². The highest BCUT2D eigenvalue weighted by atomic mass is 16.4. The number of carbonyl (C=O) groups is 1. The molecule has 0 aromatic rings. The number of carboxylic acid groups (broad SMARTS) is 1. The number of rotatable bonds is 3. The lowest BCUT2D eigenvalue weighted by Gasteiger charge is -2.28. The maximum Gasteiger partial charge on any atom is 0.306 e. The maximum atomic E-state index is 10.7. The van der Waals surface area contributed by atoms with Gasteiger partial charge in [0.1, 0.15) is 0 Å². The molecule has 14 heavy (non-hydrogen) atoms. The Morgan fingerprint density at radius 2 is 2.07 bits per heavy atom. The van der Waals surface area contributed by atoms with Crippen molar-refractivity contribution in [1.82, 2.24) is 4.90 Å². The van der Waals surface area contributed by atoms with E-state index in [9.17, 15) is 4.79 Å². The molecule has 1 N–H and O–H groups in total. The van der Waals surface area contributed by atoms with Gasteiger partial charge in [0, 0.05) is 0 Å². The van der Waals surface area contributed by atoms with E-state index >= 15 is 0 Å². The van der Waals surface area contributed by atoms with Crippen LogP contribution in [0, 0.1) is 17.8 Å². The zero-order valence-electron chi connectivity index (χ0n) is 8.78. The van der Waals surface area contributed by atoms with Gasteiger partial charge in [0.25, 0.3) is 0 Å². The molecular formula is C11H19NO2. The number of likely N-dealkylation sites (tertiary alicyclic amines) is 1. The average Bonchev–Trinajstić information content (AvgIpc) is 2.88. The lowest BCUT2D eigenvalue weighted by Crippen LogP contribution is -2.30. The van der Waals surface area contributed by atoms with E-state index in [4.69, 9.17) is 5.11 Å². The molecule has 0 radical (unpaired) electrons. The van der Waals surface area contributed by atoms with E-state index in [1.807, 2.05) is 0 Å². The Morgan fingerprint density at radius 3 is 2.57 bits per heavy atom. The number of piperidine rings is 1. The Bertz CT molecular complexity index is 221. The van der Waals surface area contributed by atoms with E-state index in [2.05, 4.69) is 11.9 Å². The number of nitrogens with zero attached hydrogens (tertiary/aromatic N) is 1. The Morgan fingerprint density at radius 1 is 1.43 bits per heavy atom. The van der Waals surface area contributed by atoms with Gasteiger partial charge in [-0.05, 0) is 57.7 Å².